The number of nitrogens with one attached hydrogen (secondary N) is 1. The molecule has 3 fully saturated rings. The van der Waals surface area contributed by atoms with Crippen LogP contribution in [0.15, 0.2) is 0 Å². The van der Waals surface area contributed by atoms with Crippen LogP contribution >= 0.6 is 0 Å². The van der Waals surface area contributed by atoms with Gasteiger partial charge in [0.1, 0.15) is 6.04 Å². The zero-order valence-electron chi connectivity index (χ0n) is 9.45. The topological polar surface area (TPSA) is 49.4 Å². The fourth-order valence-electron chi connectivity index (χ4n) is 2.63. The van der Waals surface area contributed by atoms with E-state index in [1.54, 1.807) is 0 Å². The highest BCUT2D eigenvalue weighted by Crippen LogP contribution is 2.35. The highest BCUT2D eigenvalue weighted by molar-refractivity contribution is 5.90. The summed E-state index contributed by atoms with van der Waals surface area (Å²) >= 11 is 0. The molecule has 2 amide bonds. The quantitative estimate of drug-likeness (QED) is 0.746. The van der Waals surface area contributed by atoms with Gasteiger partial charge < -0.3 is 10.2 Å². The number of amides is 2. The molecule has 4 heteroatoms. The summed E-state index contributed by atoms with van der Waals surface area (Å²) in [6.45, 7) is 0.624. The summed E-state index contributed by atoms with van der Waals surface area (Å²) in [6.07, 6.45) is 6.13. The largest absolute Gasteiger partial charge is 0.344 e. The van der Waals surface area contributed by atoms with Crippen molar-refractivity contribution in [2.75, 3.05) is 6.54 Å². The first kappa shape index (κ1) is 10.1. The Morgan fingerprint density at radius 3 is 2.44 bits per heavy atom. The number of hydrogen-bond acceptors (Lipinski definition) is 2. The summed E-state index contributed by atoms with van der Waals surface area (Å²) in [6, 6.07) is 0.206. The van der Waals surface area contributed by atoms with Crippen LogP contribution in [0, 0.1) is 5.92 Å². The maximum Gasteiger partial charge on any atom is 0.245 e. The molecule has 88 valence electrons. The Labute approximate surface area is 95.4 Å². The van der Waals surface area contributed by atoms with E-state index in [1.165, 1.54) is 6.42 Å². The minimum Gasteiger partial charge on any atom is -0.344 e. The molecule has 1 heterocycles. The van der Waals surface area contributed by atoms with E-state index in [2.05, 4.69) is 5.32 Å². The van der Waals surface area contributed by atoms with Crippen molar-refractivity contribution >= 4 is 11.8 Å². The normalized spacial score (nSPS) is 32.0. The molecule has 1 atom stereocenters. The van der Waals surface area contributed by atoms with Crippen LogP contribution in [-0.4, -0.2) is 35.3 Å². The van der Waals surface area contributed by atoms with Crippen LogP contribution in [0.25, 0.3) is 0 Å². The van der Waals surface area contributed by atoms with Crippen molar-refractivity contribution in [2.24, 2.45) is 5.92 Å². The third kappa shape index (κ3) is 1.70. The van der Waals surface area contributed by atoms with Crippen molar-refractivity contribution in [1.29, 1.82) is 0 Å². The Morgan fingerprint density at radius 1 is 1.12 bits per heavy atom. The lowest BCUT2D eigenvalue weighted by Gasteiger charge is -2.37. The Hall–Kier alpha value is -1.06. The van der Waals surface area contributed by atoms with Gasteiger partial charge in [0.25, 0.3) is 0 Å². The van der Waals surface area contributed by atoms with Gasteiger partial charge in [-0.2, -0.15) is 0 Å². The highest BCUT2D eigenvalue weighted by Gasteiger charge is 2.43. The molecule has 16 heavy (non-hydrogen) atoms. The standard InChI is InChI=1S/C12H18N2O2/c15-10-6-7-14(9-2-1-3-9)12(16)11(13-10)8-4-5-8/h8-9,11H,1-7H2,(H,13,15). The van der Waals surface area contributed by atoms with Crippen molar-refractivity contribution in [3.05, 3.63) is 0 Å². The van der Waals surface area contributed by atoms with Crippen molar-refractivity contribution in [2.45, 2.75) is 50.6 Å². The van der Waals surface area contributed by atoms with E-state index < -0.39 is 0 Å². The maximum absolute atomic E-state index is 12.3. The molecule has 0 radical (unpaired) electrons. The molecule has 2 aliphatic carbocycles. The van der Waals surface area contributed by atoms with Gasteiger partial charge in [-0.3, -0.25) is 9.59 Å². The number of carbonyl (C=O) groups is 2. The zero-order chi connectivity index (χ0) is 11.1. The van der Waals surface area contributed by atoms with Gasteiger partial charge in [0.2, 0.25) is 11.8 Å². The van der Waals surface area contributed by atoms with Gasteiger partial charge in [-0.15, -0.1) is 0 Å². The van der Waals surface area contributed by atoms with Crippen LogP contribution in [0.3, 0.4) is 0 Å². The molecular formula is C12H18N2O2. The van der Waals surface area contributed by atoms with Gasteiger partial charge in [0, 0.05) is 19.0 Å². The van der Waals surface area contributed by atoms with Crippen LogP contribution in [0.5, 0.6) is 0 Å². The summed E-state index contributed by atoms with van der Waals surface area (Å²) in [5, 5.41) is 2.89. The predicted octanol–water partition coefficient (Wildman–Crippen LogP) is 0.666. The molecule has 0 aromatic carbocycles. The number of hydrogen-bond donors (Lipinski definition) is 1. The molecule has 0 spiro atoms. The second kappa shape index (κ2) is 3.75. The van der Waals surface area contributed by atoms with Gasteiger partial charge in [0.05, 0.1) is 0 Å². The first-order chi connectivity index (χ1) is 7.75. The van der Waals surface area contributed by atoms with Gasteiger partial charge in [0.15, 0.2) is 0 Å². The first-order valence-corrected chi connectivity index (χ1v) is 6.35. The number of nitrogens with zero attached hydrogens (tertiary/aromatic N) is 1. The van der Waals surface area contributed by atoms with Crippen molar-refractivity contribution < 1.29 is 9.59 Å². The minimum absolute atomic E-state index is 0.0482. The van der Waals surface area contributed by atoms with Crippen molar-refractivity contribution in [3.8, 4) is 0 Å². The zero-order valence-corrected chi connectivity index (χ0v) is 9.45. The van der Waals surface area contributed by atoms with Gasteiger partial charge in [-0.1, -0.05) is 0 Å². The lowest BCUT2D eigenvalue weighted by molar-refractivity contribution is -0.137. The average Bonchev–Trinajstić information content (AvgIpc) is 2.98. The van der Waals surface area contributed by atoms with Gasteiger partial charge >= 0.3 is 0 Å². The summed E-state index contributed by atoms with van der Waals surface area (Å²) in [5.74, 6) is 0.641. The van der Waals surface area contributed by atoms with E-state index in [0.29, 0.717) is 24.9 Å². The summed E-state index contributed by atoms with van der Waals surface area (Å²) < 4.78 is 0. The lowest BCUT2D eigenvalue weighted by Crippen LogP contribution is -2.51. The van der Waals surface area contributed by atoms with Crippen LogP contribution < -0.4 is 5.32 Å². The smallest absolute Gasteiger partial charge is 0.245 e. The maximum atomic E-state index is 12.3. The van der Waals surface area contributed by atoms with Gasteiger partial charge in [-0.25, -0.2) is 0 Å². The van der Waals surface area contributed by atoms with Crippen LogP contribution in [0.2, 0.25) is 0 Å². The van der Waals surface area contributed by atoms with E-state index in [0.717, 1.165) is 25.7 Å². The van der Waals surface area contributed by atoms with Crippen molar-refractivity contribution in [1.82, 2.24) is 10.2 Å². The van der Waals surface area contributed by atoms with Crippen LogP contribution in [0.1, 0.15) is 38.5 Å². The third-order valence-electron chi connectivity index (χ3n) is 4.05. The first-order valence-electron chi connectivity index (χ1n) is 6.35. The Balaban J connectivity index is 1.77. The number of rotatable bonds is 2. The molecule has 0 aromatic rings. The molecule has 4 nitrogen and oxygen atoms in total. The van der Waals surface area contributed by atoms with E-state index in [1.807, 2.05) is 4.90 Å². The fraction of sp³-hybridized carbons (Fsp3) is 0.833. The second-order valence-corrected chi connectivity index (χ2v) is 5.25. The van der Waals surface area contributed by atoms with Crippen molar-refractivity contribution in [3.63, 3.8) is 0 Å². The molecule has 3 aliphatic rings. The summed E-state index contributed by atoms with van der Waals surface area (Å²) in [4.78, 5) is 25.8. The molecule has 1 aliphatic heterocycles. The van der Waals surface area contributed by atoms with E-state index in [9.17, 15) is 9.59 Å². The SMILES string of the molecule is O=C1CCN(C2CCC2)C(=O)C(C2CC2)N1. The average molecular weight is 222 g/mol. The second-order valence-electron chi connectivity index (χ2n) is 5.25. The fourth-order valence-corrected chi connectivity index (χ4v) is 2.63. The summed E-state index contributed by atoms with van der Waals surface area (Å²) in [7, 11) is 0. The van der Waals surface area contributed by atoms with Crippen LogP contribution in [-0.2, 0) is 9.59 Å². The summed E-state index contributed by atoms with van der Waals surface area (Å²) in [5.41, 5.74) is 0. The number of carbonyl (C=O) groups excluding carboxylic acids is 2. The third-order valence-corrected chi connectivity index (χ3v) is 4.05. The molecule has 3 rings (SSSR count). The Bertz CT molecular complexity index is 321. The van der Waals surface area contributed by atoms with Crippen LogP contribution in [0.4, 0.5) is 0 Å². The van der Waals surface area contributed by atoms with E-state index >= 15 is 0 Å². The predicted molar refractivity (Wildman–Crippen MR) is 58.6 cm³/mol. The highest BCUT2D eigenvalue weighted by atomic mass is 16.2. The molecule has 1 saturated heterocycles. The molecular weight excluding hydrogens is 204 g/mol. The molecule has 1 N–H and O–H groups in total. The molecule has 1 unspecified atom stereocenters. The Kier molecular flexibility index (Phi) is 2.37. The molecule has 0 bridgehead atoms. The van der Waals surface area contributed by atoms with Gasteiger partial charge in [-0.05, 0) is 38.0 Å². The Morgan fingerprint density at radius 2 is 1.88 bits per heavy atom. The monoisotopic (exact) mass is 222 g/mol. The molecule has 2 saturated carbocycles. The van der Waals surface area contributed by atoms with E-state index in [4.69, 9.17) is 0 Å². The molecule has 0 aromatic heterocycles. The lowest BCUT2D eigenvalue weighted by atomic mass is 9.90. The minimum atomic E-state index is -0.212. The van der Waals surface area contributed by atoms with E-state index in [-0.39, 0.29) is 17.9 Å².